The monoisotopic (exact) mass is 263 g/mol. The second-order valence-corrected chi connectivity index (χ2v) is 4.68. The van der Waals surface area contributed by atoms with Crippen LogP contribution in [0.5, 0.6) is 5.88 Å². The molecule has 0 aliphatic rings. The fourth-order valence-corrected chi connectivity index (χ4v) is 1.31. The summed E-state index contributed by atoms with van der Waals surface area (Å²) < 4.78 is 5.60. The number of anilines is 1. The number of aromatic nitrogens is 1. The van der Waals surface area contributed by atoms with Crippen molar-refractivity contribution in [3.8, 4) is 5.88 Å². The molecule has 0 radical (unpaired) electrons. The van der Waals surface area contributed by atoms with Crippen LogP contribution in [-0.2, 0) is 0 Å². The van der Waals surface area contributed by atoms with E-state index < -0.39 is 0 Å². The number of nitrogen functional groups attached to an aromatic ring is 1. The zero-order valence-corrected chi connectivity index (χ0v) is 11.8. The normalized spacial score (nSPS) is 12.2. The molecule has 0 aliphatic heterocycles. The van der Waals surface area contributed by atoms with Crippen LogP contribution in [0.3, 0.4) is 0 Å². The number of nitrogens with one attached hydrogen (secondary N) is 1. The summed E-state index contributed by atoms with van der Waals surface area (Å²) in [6, 6.07) is 1.81. The quantitative estimate of drug-likeness (QED) is 0.282. The van der Waals surface area contributed by atoms with Crippen molar-refractivity contribution < 1.29 is 4.74 Å². The van der Waals surface area contributed by atoms with Gasteiger partial charge in [0.1, 0.15) is 5.76 Å². The zero-order valence-electron chi connectivity index (χ0n) is 10.6. The summed E-state index contributed by atoms with van der Waals surface area (Å²) in [7, 11) is 2.60. The van der Waals surface area contributed by atoms with Crippen molar-refractivity contribution in [1.29, 1.82) is 0 Å². The maximum atomic E-state index is 5.60. The molecule has 1 aromatic heterocycles. The van der Waals surface area contributed by atoms with Crippen molar-refractivity contribution >= 4 is 14.9 Å². The number of aryl methyl sites for hydroxylation is 1. The Balaban J connectivity index is 2.89. The fourth-order valence-electron chi connectivity index (χ4n) is 1.22. The minimum Gasteiger partial charge on any atom is -0.439 e. The van der Waals surface area contributed by atoms with Crippen LogP contribution < -0.4 is 16.0 Å². The number of hydrazine groups is 1. The summed E-state index contributed by atoms with van der Waals surface area (Å²) in [5, 5.41) is 1.10. The number of hydrogen-bond donors (Lipinski definition) is 2. The molecule has 1 heterocycles. The van der Waals surface area contributed by atoms with Crippen molar-refractivity contribution in [3.05, 3.63) is 53.7 Å². The molecule has 18 heavy (non-hydrogen) atoms. The summed E-state index contributed by atoms with van der Waals surface area (Å²) in [5.74, 6) is 6.48. The second kappa shape index (κ2) is 6.94. The third-order valence-corrected chi connectivity index (χ3v) is 2.37. The van der Waals surface area contributed by atoms with E-state index in [0.717, 1.165) is 16.6 Å². The van der Waals surface area contributed by atoms with E-state index in [1.807, 2.05) is 32.1 Å². The van der Waals surface area contributed by atoms with Crippen LogP contribution in [0.1, 0.15) is 12.5 Å². The number of nitrogens with zero attached hydrogens (tertiary/aromatic N) is 1. The highest BCUT2D eigenvalue weighted by atomic mass is 31.0. The van der Waals surface area contributed by atoms with Gasteiger partial charge in [0.05, 0.1) is 11.9 Å². The summed E-state index contributed by atoms with van der Waals surface area (Å²) >= 11 is 0. The lowest BCUT2D eigenvalue weighted by atomic mass is 10.2. The lowest BCUT2D eigenvalue weighted by Crippen LogP contribution is -2.08. The number of rotatable bonds is 5. The molecule has 3 N–H and O–H groups in total. The number of pyridine rings is 1. The Bertz CT molecular complexity index is 491. The minimum atomic E-state index is 0.507. The Morgan fingerprint density at radius 3 is 2.78 bits per heavy atom. The Labute approximate surface area is 110 Å². The average Bonchev–Trinajstić information content (AvgIpc) is 2.34. The van der Waals surface area contributed by atoms with Crippen molar-refractivity contribution in [3.63, 3.8) is 0 Å². The molecule has 0 saturated heterocycles. The predicted octanol–water partition coefficient (Wildman–Crippen LogP) is 2.90. The van der Waals surface area contributed by atoms with Gasteiger partial charge < -0.3 is 10.2 Å². The summed E-state index contributed by atoms with van der Waals surface area (Å²) in [6.45, 7) is 7.60. The molecular formula is C13H18N3OP. The first-order valence-electron chi connectivity index (χ1n) is 5.44. The van der Waals surface area contributed by atoms with Gasteiger partial charge in [0.25, 0.3) is 0 Å². The Morgan fingerprint density at radius 1 is 1.56 bits per heavy atom. The molecule has 1 rings (SSSR count). The highest BCUT2D eigenvalue weighted by Crippen LogP contribution is 2.19. The molecule has 0 aromatic carbocycles. The predicted molar refractivity (Wildman–Crippen MR) is 79.2 cm³/mol. The van der Waals surface area contributed by atoms with E-state index >= 15 is 0 Å². The maximum Gasteiger partial charge on any atom is 0.219 e. The molecule has 0 fully saturated rings. The second-order valence-electron chi connectivity index (χ2n) is 3.77. The Hall–Kier alpha value is -1.64. The standard InChI is InChI=1S/C13H18N3OP/c1-4-11(6-5-10(3)18)17-13-7-9(2)12(16-14)8-15-13/h4-8,16H,1,14,18H2,2-3H3/b10-5+,11-6+. The molecule has 0 bridgehead atoms. The third-order valence-electron chi connectivity index (χ3n) is 2.18. The van der Waals surface area contributed by atoms with Gasteiger partial charge in [-0.15, -0.1) is 9.24 Å². The van der Waals surface area contributed by atoms with Gasteiger partial charge in [-0.05, 0) is 31.6 Å². The van der Waals surface area contributed by atoms with Crippen LogP contribution in [-0.4, -0.2) is 4.98 Å². The lowest BCUT2D eigenvalue weighted by Gasteiger charge is -2.08. The molecule has 4 nitrogen and oxygen atoms in total. The van der Waals surface area contributed by atoms with Crippen LogP contribution in [0.4, 0.5) is 5.69 Å². The van der Waals surface area contributed by atoms with Gasteiger partial charge >= 0.3 is 0 Å². The van der Waals surface area contributed by atoms with Crippen LogP contribution in [0, 0.1) is 6.92 Å². The topological polar surface area (TPSA) is 60.2 Å². The maximum absolute atomic E-state index is 5.60. The molecule has 1 aromatic rings. The van der Waals surface area contributed by atoms with E-state index in [1.54, 1.807) is 12.3 Å². The first kappa shape index (κ1) is 14.4. The van der Waals surface area contributed by atoms with Crippen molar-refractivity contribution in [2.24, 2.45) is 5.84 Å². The van der Waals surface area contributed by atoms with Crippen LogP contribution >= 0.6 is 9.24 Å². The zero-order chi connectivity index (χ0) is 13.5. The number of hydrogen-bond acceptors (Lipinski definition) is 4. The molecule has 0 aliphatic carbocycles. The highest BCUT2D eigenvalue weighted by molar-refractivity contribution is 7.22. The van der Waals surface area contributed by atoms with Gasteiger partial charge in [0.15, 0.2) is 0 Å². The van der Waals surface area contributed by atoms with Crippen LogP contribution in [0.15, 0.2) is 48.1 Å². The van der Waals surface area contributed by atoms with Crippen LogP contribution in [0.2, 0.25) is 0 Å². The Kier molecular flexibility index (Phi) is 5.56. The first-order chi connectivity index (χ1) is 8.56. The van der Waals surface area contributed by atoms with Gasteiger partial charge in [-0.3, -0.25) is 5.84 Å². The molecule has 1 unspecified atom stereocenters. The van der Waals surface area contributed by atoms with Crippen molar-refractivity contribution in [2.45, 2.75) is 13.8 Å². The lowest BCUT2D eigenvalue weighted by molar-refractivity contribution is 0.426. The third kappa shape index (κ3) is 4.32. The summed E-state index contributed by atoms with van der Waals surface area (Å²) in [4.78, 5) is 4.15. The van der Waals surface area contributed by atoms with E-state index in [-0.39, 0.29) is 0 Å². The molecule has 0 spiro atoms. The highest BCUT2D eigenvalue weighted by Gasteiger charge is 2.02. The summed E-state index contributed by atoms with van der Waals surface area (Å²) in [6.07, 6.45) is 7.02. The van der Waals surface area contributed by atoms with Gasteiger partial charge in [-0.1, -0.05) is 18.0 Å². The van der Waals surface area contributed by atoms with Crippen LogP contribution in [0.25, 0.3) is 0 Å². The van der Waals surface area contributed by atoms with E-state index in [0.29, 0.717) is 11.6 Å². The molecule has 0 saturated carbocycles. The largest absolute Gasteiger partial charge is 0.439 e. The van der Waals surface area contributed by atoms with E-state index in [2.05, 4.69) is 26.2 Å². The minimum absolute atomic E-state index is 0.507. The first-order valence-corrected chi connectivity index (χ1v) is 6.02. The van der Waals surface area contributed by atoms with Crippen molar-refractivity contribution in [2.75, 3.05) is 5.43 Å². The smallest absolute Gasteiger partial charge is 0.219 e. The van der Waals surface area contributed by atoms with E-state index in [1.165, 1.54) is 0 Å². The molecule has 1 atom stereocenters. The van der Waals surface area contributed by atoms with Crippen molar-refractivity contribution in [1.82, 2.24) is 4.98 Å². The van der Waals surface area contributed by atoms with Gasteiger partial charge in [-0.25, -0.2) is 4.98 Å². The molecular weight excluding hydrogens is 245 g/mol. The molecule has 0 amide bonds. The van der Waals surface area contributed by atoms with Gasteiger partial charge in [0, 0.05) is 6.07 Å². The SMILES string of the molecule is C=C/C(=C\C=C(/C)P)Oc1cc(C)c(NN)cn1. The molecule has 5 heteroatoms. The van der Waals surface area contributed by atoms with Gasteiger partial charge in [0.2, 0.25) is 5.88 Å². The Morgan fingerprint density at radius 2 is 2.28 bits per heavy atom. The fraction of sp³-hybridized carbons (Fsp3) is 0.154. The number of allylic oxidation sites excluding steroid dienone is 4. The summed E-state index contributed by atoms with van der Waals surface area (Å²) in [5.41, 5.74) is 4.30. The number of ether oxygens (including phenoxy) is 1. The molecule has 96 valence electrons. The average molecular weight is 263 g/mol. The van der Waals surface area contributed by atoms with Gasteiger partial charge in [-0.2, -0.15) is 0 Å². The van der Waals surface area contributed by atoms with E-state index in [4.69, 9.17) is 10.6 Å². The van der Waals surface area contributed by atoms with E-state index in [9.17, 15) is 0 Å². The number of nitrogens with two attached hydrogens (primary N) is 1.